The van der Waals surface area contributed by atoms with Gasteiger partial charge in [0.05, 0.1) is 12.1 Å². The molecule has 3 aromatic carbocycles. The van der Waals surface area contributed by atoms with Crippen LogP contribution < -0.4 is 16.0 Å². The van der Waals surface area contributed by atoms with Crippen molar-refractivity contribution in [3.8, 4) is 0 Å². The highest BCUT2D eigenvalue weighted by molar-refractivity contribution is 5.91. The first kappa shape index (κ1) is 38.7. The van der Waals surface area contributed by atoms with Crippen LogP contribution in [-0.2, 0) is 38.4 Å². The van der Waals surface area contributed by atoms with Gasteiger partial charge < -0.3 is 30.9 Å². The van der Waals surface area contributed by atoms with Gasteiger partial charge in [0.1, 0.15) is 17.7 Å². The first-order valence-electron chi connectivity index (χ1n) is 16.8. The number of carbonyl (C=O) groups is 4. The number of carboxylic acids is 1. The molecular weight excluding hydrogens is 622 g/mol. The van der Waals surface area contributed by atoms with Gasteiger partial charge in [0.15, 0.2) is 0 Å². The monoisotopic (exact) mass is 673 g/mol. The van der Waals surface area contributed by atoms with Gasteiger partial charge in [-0.25, -0.2) is 9.59 Å². The number of aliphatic hydroxyl groups excluding tert-OH is 1. The number of rotatable bonds is 17. The molecule has 0 heterocycles. The number of hydrogen-bond acceptors (Lipinski definition) is 6. The van der Waals surface area contributed by atoms with E-state index in [2.05, 4.69) is 16.0 Å². The molecule has 0 saturated carbocycles. The zero-order chi connectivity index (χ0) is 36.0. The largest absolute Gasteiger partial charge is 0.480 e. The number of hydrogen-bond donors (Lipinski definition) is 5. The fourth-order valence-electron chi connectivity index (χ4n) is 5.56. The Bertz CT molecular complexity index is 1480. The third-order valence-corrected chi connectivity index (χ3v) is 7.92. The maximum absolute atomic E-state index is 14.1. The van der Waals surface area contributed by atoms with Crippen LogP contribution in [0, 0.1) is 11.8 Å². The SMILES string of the molecule is CC(C)C[C@H](NC(=O)[C@H](Cc1ccccc1)C[C@@H](O)[C@H](Cc1ccccc1)NC(=O)OC(C)(C)C)C(=O)N[C@@H](Cc1ccccc1)C(=O)O. The summed E-state index contributed by atoms with van der Waals surface area (Å²) in [6, 6.07) is 24.7. The molecule has 0 unspecified atom stereocenters. The lowest BCUT2D eigenvalue weighted by Crippen LogP contribution is -2.54. The van der Waals surface area contributed by atoms with Crippen molar-refractivity contribution in [3.63, 3.8) is 0 Å². The summed E-state index contributed by atoms with van der Waals surface area (Å²) in [5.74, 6) is -3.04. The van der Waals surface area contributed by atoms with E-state index in [1.165, 1.54) is 0 Å². The molecule has 0 spiro atoms. The molecule has 5 N–H and O–H groups in total. The molecule has 0 aliphatic heterocycles. The van der Waals surface area contributed by atoms with E-state index in [1.807, 2.05) is 80.6 Å². The van der Waals surface area contributed by atoms with Crippen LogP contribution in [-0.4, -0.2) is 63.9 Å². The summed E-state index contributed by atoms with van der Waals surface area (Å²) in [7, 11) is 0. The molecule has 3 amide bonds. The van der Waals surface area contributed by atoms with E-state index >= 15 is 0 Å². The second-order valence-corrected chi connectivity index (χ2v) is 13.9. The molecule has 0 fully saturated rings. The summed E-state index contributed by atoms with van der Waals surface area (Å²) < 4.78 is 5.48. The van der Waals surface area contributed by atoms with Crippen molar-refractivity contribution < 1.29 is 34.1 Å². The van der Waals surface area contributed by atoms with E-state index < -0.39 is 59.6 Å². The predicted molar refractivity (Wildman–Crippen MR) is 189 cm³/mol. The summed E-state index contributed by atoms with van der Waals surface area (Å²) in [5, 5.41) is 29.8. The van der Waals surface area contributed by atoms with Crippen LogP contribution in [0.2, 0.25) is 0 Å². The van der Waals surface area contributed by atoms with E-state index in [-0.39, 0.29) is 38.0 Å². The smallest absolute Gasteiger partial charge is 0.407 e. The topological polar surface area (TPSA) is 154 Å². The zero-order valence-electron chi connectivity index (χ0n) is 29.1. The van der Waals surface area contributed by atoms with Crippen LogP contribution in [0.5, 0.6) is 0 Å². The van der Waals surface area contributed by atoms with Gasteiger partial charge in [-0.1, -0.05) is 105 Å². The molecule has 3 aromatic rings. The van der Waals surface area contributed by atoms with Gasteiger partial charge in [-0.05, 0) is 69.1 Å². The van der Waals surface area contributed by atoms with Crippen molar-refractivity contribution in [1.82, 2.24) is 16.0 Å². The number of aliphatic hydroxyl groups is 1. The molecule has 264 valence electrons. The van der Waals surface area contributed by atoms with Crippen molar-refractivity contribution in [3.05, 3.63) is 108 Å². The Morgan fingerprint density at radius 1 is 0.653 bits per heavy atom. The normalized spacial score (nSPS) is 14.5. The number of amides is 3. The van der Waals surface area contributed by atoms with Crippen molar-refractivity contribution in [1.29, 1.82) is 0 Å². The van der Waals surface area contributed by atoms with E-state index in [4.69, 9.17) is 4.74 Å². The number of nitrogens with one attached hydrogen (secondary N) is 3. The van der Waals surface area contributed by atoms with Gasteiger partial charge in [0, 0.05) is 12.3 Å². The lowest BCUT2D eigenvalue weighted by molar-refractivity contribution is -0.142. The summed E-state index contributed by atoms with van der Waals surface area (Å²) in [5.41, 5.74) is 1.73. The van der Waals surface area contributed by atoms with Gasteiger partial charge in [-0.15, -0.1) is 0 Å². The maximum atomic E-state index is 14.1. The summed E-state index contributed by atoms with van der Waals surface area (Å²) >= 11 is 0. The van der Waals surface area contributed by atoms with Crippen molar-refractivity contribution in [2.24, 2.45) is 11.8 Å². The van der Waals surface area contributed by atoms with Crippen molar-refractivity contribution >= 4 is 23.9 Å². The lowest BCUT2D eigenvalue weighted by atomic mass is 9.88. The summed E-state index contributed by atoms with van der Waals surface area (Å²) in [6.07, 6.45) is -0.975. The van der Waals surface area contributed by atoms with Gasteiger partial charge in [-0.2, -0.15) is 0 Å². The van der Waals surface area contributed by atoms with E-state index in [9.17, 15) is 29.4 Å². The Kier molecular flexibility index (Phi) is 14.8. The van der Waals surface area contributed by atoms with Crippen LogP contribution in [0.25, 0.3) is 0 Å². The van der Waals surface area contributed by atoms with E-state index in [0.717, 1.165) is 16.7 Å². The molecule has 0 aromatic heterocycles. The Balaban J connectivity index is 1.85. The van der Waals surface area contributed by atoms with E-state index in [0.29, 0.717) is 0 Å². The first-order valence-corrected chi connectivity index (χ1v) is 16.8. The first-order chi connectivity index (χ1) is 23.2. The van der Waals surface area contributed by atoms with Crippen molar-refractivity contribution in [2.45, 2.75) is 96.6 Å². The van der Waals surface area contributed by atoms with Crippen LogP contribution in [0.15, 0.2) is 91.0 Å². The summed E-state index contributed by atoms with van der Waals surface area (Å²) in [4.78, 5) is 52.6. The average molecular weight is 674 g/mol. The number of alkyl carbamates (subject to hydrolysis) is 1. The number of benzene rings is 3. The summed E-state index contributed by atoms with van der Waals surface area (Å²) in [6.45, 7) is 9.07. The minimum atomic E-state index is -1.19. The molecule has 0 bridgehead atoms. The molecule has 0 aliphatic carbocycles. The number of aliphatic carboxylic acids is 1. The Hall–Kier alpha value is -4.70. The quantitative estimate of drug-likeness (QED) is 0.134. The van der Waals surface area contributed by atoms with Crippen LogP contribution in [0.1, 0.15) is 64.2 Å². The highest BCUT2D eigenvalue weighted by atomic mass is 16.6. The molecule has 0 radical (unpaired) electrons. The molecule has 0 aliphatic rings. The fourth-order valence-corrected chi connectivity index (χ4v) is 5.56. The minimum Gasteiger partial charge on any atom is -0.480 e. The third-order valence-electron chi connectivity index (χ3n) is 7.92. The van der Waals surface area contributed by atoms with Crippen LogP contribution in [0.4, 0.5) is 4.79 Å². The van der Waals surface area contributed by atoms with Gasteiger partial charge in [0.2, 0.25) is 11.8 Å². The molecule has 49 heavy (non-hydrogen) atoms. The number of ether oxygens (including phenoxy) is 1. The second-order valence-electron chi connectivity index (χ2n) is 13.9. The maximum Gasteiger partial charge on any atom is 0.407 e. The minimum absolute atomic E-state index is 0.0000957. The molecular formula is C39H51N3O7. The van der Waals surface area contributed by atoms with Crippen LogP contribution >= 0.6 is 0 Å². The number of carboxylic acid groups (broad SMARTS) is 1. The third kappa shape index (κ3) is 14.1. The molecule has 10 nitrogen and oxygen atoms in total. The highest BCUT2D eigenvalue weighted by Gasteiger charge is 2.33. The fraction of sp³-hybridized carbons (Fsp3) is 0.436. The lowest BCUT2D eigenvalue weighted by Gasteiger charge is -2.30. The molecule has 10 heteroatoms. The van der Waals surface area contributed by atoms with Crippen molar-refractivity contribution in [2.75, 3.05) is 0 Å². The van der Waals surface area contributed by atoms with Crippen LogP contribution in [0.3, 0.4) is 0 Å². The molecule has 5 atom stereocenters. The highest BCUT2D eigenvalue weighted by Crippen LogP contribution is 2.20. The average Bonchev–Trinajstić information content (AvgIpc) is 3.03. The van der Waals surface area contributed by atoms with Gasteiger partial charge in [-0.3, -0.25) is 9.59 Å². The van der Waals surface area contributed by atoms with Gasteiger partial charge in [0.25, 0.3) is 0 Å². The standard InChI is InChI=1S/C39H51N3O7/c1-26(2)21-32(36(45)41-33(37(46)47)24-29-19-13-8-14-20-29)40-35(44)30(22-27-15-9-6-10-16-27)25-34(43)31(23-28-17-11-7-12-18-28)42-38(48)49-39(3,4)5/h6-20,26,30-34,43H,21-25H2,1-5H3,(H,40,44)(H,41,45)(H,42,48)(H,46,47)/t30-,31+,32+,33+,34-/m1/s1. The Morgan fingerprint density at radius 3 is 1.59 bits per heavy atom. The van der Waals surface area contributed by atoms with Gasteiger partial charge >= 0.3 is 12.1 Å². The Morgan fingerprint density at radius 2 is 1.12 bits per heavy atom. The molecule has 3 rings (SSSR count). The number of carbonyl (C=O) groups excluding carboxylic acids is 3. The second kappa shape index (κ2) is 18.7. The molecule has 0 saturated heterocycles. The predicted octanol–water partition coefficient (Wildman–Crippen LogP) is 5.08. The van der Waals surface area contributed by atoms with E-state index in [1.54, 1.807) is 45.0 Å². The zero-order valence-corrected chi connectivity index (χ0v) is 29.1. The Labute approximate surface area is 289 Å².